The van der Waals surface area contributed by atoms with Gasteiger partial charge in [0.05, 0.1) is 11.2 Å². The number of hydrogen-bond acceptors (Lipinski definition) is 4. The van der Waals surface area contributed by atoms with Gasteiger partial charge in [-0.05, 0) is 62.1 Å². The fraction of sp³-hybridized carbons (Fsp3) is 0.400. The number of hydrogen-bond donors (Lipinski definition) is 0. The molecule has 3 radical (unpaired) electrons. The Morgan fingerprint density at radius 2 is 1.81 bits per heavy atom. The van der Waals surface area contributed by atoms with Crippen LogP contribution in [-0.4, -0.2) is 42.5 Å². The van der Waals surface area contributed by atoms with E-state index in [1.165, 1.54) is 0 Å². The summed E-state index contributed by atoms with van der Waals surface area (Å²) in [6.07, 6.45) is 0. The van der Waals surface area contributed by atoms with Crippen LogP contribution in [0.2, 0.25) is 0 Å². The summed E-state index contributed by atoms with van der Waals surface area (Å²) < 4.78 is 23.3. The van der Waals surface area contributed by atoms with Gasteiger partial charge in [0.15, 0.2) is 6.79 Å². The first-order chi connectivity index (χ1) is 12.3. The van der Waals surface area contributed by atoms with Crippen molar-refractivity contribution >= 4 is 33.6 Å². The molecule has 1 saturated heterocycles. The molecule has 1 fully saturated rings. The minimum absolute atomic E-state index is 0.176. The molecule has 3 rings (SSSR count). The fourth-order valence-corrected chi connectivity index (χ4v) is 3.11. The summed E-state index contributed by atoms with van der Waals surface area (Å²) in [5.74, 6) is 3.81. The van der Waals surface area contributed by atoms with Crippen molar-refractivity contribution in [3.05, 3.63) is 35.9 Å². The van der Waals surface area contributed by atoms with E-state index in [2.05, 4.69) is 21.7 Å². The van der Waals surface area contributed by atoms with Crippen LogP contribution in [0.5, 0.6) is 5.75 Å². The van der Waals surface area contributed by atoms with E-state index in [9.17, 15) is 0 Å². The molecule has 0 amide bonds. The van der Waals surface area contributed by atoms with Gasteiger partial charge in [0.2, 0.25) is 0 Å². The van der Waals surface area contributed by atoms with Gasteiger partial charge in [-0.25, -0.2) is 0 Å². The minimum atomic E-state index is -0.508. The molecule has 0 unspecified atom stereocenters. The smallest absolute Gasteiger partial charge is 0.468 e. The molecule has 2 aromatic carbocycles. The molecule has 4 nitrogen and oxygen atoms in total. The highest BCUT2D eigenvalue weighted by Gasteiger charge is 2.52. The van der Waals surface area contributed by atoms with Crippen molar-refractivity contribution in [3.8, 4) is 17.2 Å². The fourth-order valence-electron chi connectivity index (χ4n) is 2.97. The summed E-state index contributed by atoms with van der Waals surface area (Å²) in [6.45, 7) is 8.34. The third kappa shape index (κ3) is 3.40. The van der Waals surface area contributed by atoms with Gasteiger partial charge in [0.1, 0.15) is 16.0 Å². The van der Waals surface area contributed by atoms with Gasteiger partial charge in [-0.3, -0.25) is 0 Å². The molecule has 0 aliphatic carbocycles. The number of benzene rings is 2. The molecule has 0 bridgehead atoms. The molecule has 2 aromatic rings. The largest absolute Gasteiger partial charge is 0.495 e. The summed E-state index contributed by atoms with van der Waals surface area (Å²) in [7, 11) is 4.34. The molecule has 1 aliphatic heterocycles. The monoisotopic (exact) mass is 365 g/mol. The van der Waals surface area contributed by atoms with Crippen LogP contribution in [0, 0.1) is 11.5 Å². The second-order valence-corrected chi connectivity index (χ2v) is 7.56. The molecular formula is C20H22BO4Si. The minimum Gasteiger partial charge on any atom is -0.468 e. The Kier molecular flexibility index (Phi) is 5.18. The SMILES string of the molecule is COCOc1cc(B2OC(C)(C)C(C)(C)O2)c2c(C#C[Si])cccc2c1. The second-order valence-electron chi connectivity index (χ2n) is 7.31. The van der Waals surface area contributed by atoms with E-state index in [-0.39, 0.29) is 6.79 Å². The van der Waals surface area contributed by atoms with Crippen LogP contribution in [0.25, 0.3) is 10.8 Å². The Balaban J connectivity index is 2.19. The summed E-state index contributed by atoms with van der Waals surface area (Å²) in [5, 5.41) is 2.01. The normalized spacial score (nSPS) is 17.8. The van der Waals surface area contributed by atoms with E-state index in [1.807, 2.05) is 58.0 Å². The van der Waals surface area contributed by atoms with E-state index in [0.717, 1.165) is 21.8 Å². The Bertz CT molecular complexity index is 866. The molecule has 1 aliphatic rings. The van der Waals surface area contributed by atoms with Gasteiger partial charge in [-0.15, -0.1) is 5.54 Å². The van der Waals surface area contributed by atoms with Crippen LogP contribution >= 0.6 is 0 Å². The van der Waals surface area contributed by atoms with Crippen molar-refractivity contribution in [2.45, 2.75) is 38.9 Å². The van der Waals surface area contributed by atoms with Crippen molar-refractivity contribution in [1.82, 2.24) is 0 Å². The van der Waals surface area contributed by atoms with Crippen LogP contribution < -0.4 is 10.2 Å². The quantitative estimate of drug-likeness (QED) is 0.474. The maximum atomic E-state index is 6.28. The molecule has 0 atom stereocenters. The lowest BCUT2D eigenvalue weighted by Crippen LogP contribution is -2.41. The van der Waals surface area contributed by atoms with Crippen LogP contribution in [0.1, 0.15) is 33.3 Å². The average Bonchev–Trinajstić information content (AvgIpc) is 2.80. The molecule has 0 spiro atoms. The Morgan fingerprint density at radius 1 is 1.12 bits per heavy atom. The molecule has 26 heavy (non-hydrogen) atoms. The highest BCUT2D eigenvalue weighted by atomic mass is 28.1. The first-order valence-electron chi connectivity index (χ1n) is 8.51. The number of ether oxygens (including phenoxy) is 2. The molecule has 6 heteroatoms. The molecule has 0 N–H and O–H groups in total. The zero-order valence-electron chi connectivity index (χ0n) is 15.8. The Morgan fingerprint density at radius 3 is 2.42 bits per heavy atom. The zero-order chi connectivity index (χ0) is 18.9. The maximum Gasteiger partial charge on any atom is 0.495 e. The van der Waals surface area contributed by atoms with Crippen molar-refractivity contribution in [2.75, 3.05) is 13.9 Å². The maximum absolute atomic E-state index is 6.28. The molecule has 133 valence electrons. The van der Waals surface area contributed by atoms with Crippen LogP contribution in [-0.2, 0) is 14.0 Å². The van der Waals surface area contributed by atoms with Gasteiger partial charge in [-0.2, -0.15) is 0 Å². The number of fused-ring (bicyclic) bond motifs is 1. The first kappa shape index (κ1) is 19.0. The van der Waals surface area contributed by atoms with E-state index >= 15 is 0 Å². The Hall–Kier alpha value is -1.78. The predicted octanol–water partition coefficient (Wildman–Crippen LogP) is 2.60. The van der Waals surface area contributed by atoms with Crippen molar-refractivity contribution in [1.29, 1.82) is 0 Å². The predicted molar refractivity (Wildman–Crippen MR) is 105 cm³/mol. The van der Waals surface area contributed by atoms with E-state index < -0.39 is 18.3 Å². The van der Waals surface area contributed by atoms with E-state index in [4.69, 9.17) is 18.8 Å². The third-order valence-electron chi connectivity index (χ3n) is 5.03. The Labute approximate surface area is 158 Å². The molecular weight excluding hydrogens is 343 g/mol. The average molecular weight is 365 g/mol. The van der Waals surface area contributed by atoms with Gasteiger partial charge in [0.25, 0.3) is 0 Å². The summed E-state index contributed by atoms with van der Waals surface area (Å²) in [6, 6.07) is 9.91. The van der Waals surface area contributed by atoms with Crippen LogP contribution in [0.4, 0.5) is 0 Å². The lowest BCUT2D eigenvalue weighted by atomic mass is 9.75. The van der Waals surface area contributed by atoms with Gasteiger partial charge in [-0.1, -0.05) is 18.1 Å². The number of methoxy groups -OCH3 is 1. The van der Waals surface area contributed by atoms with Gasteiger partial charge >= 0.3 is 7.12 Å². The standard InChI is InChI=1S/C20H22BO4Si/c1-19(2)20(3,4)25-21(24-19)17-12-16(23-13-22-5)11-15-8-6-7-14(9-10-26)18(15)17/h6-8,11-12H,13H2,1-5H3. The van der Waals surface area contributed by atoms with Crippen LogP contribution in [0.15, 0.2) is 30.3 Å². The highest BCUT2D eigenvalue weighted by Crippen LogP contribution is 2.37. The number of rotatable bonds is 4. The van der Waals surface area contributed by atoms with Crippen LogP contribution in [0.3, 0.4) is 0 Å². The van der Waals surface area contributed by atoms with Gasteiger partial charge < -0.3 is 18.8 Å². The second kappa shape index (κ2) is 7.09. The van der Waals surface area contributed by atoms with Crippen molar-refractivity contribution < 1.29 is 18.8 Å². The van der Waals surface area contributed by atoms with Crippen molar-refractivity contribution in [2.24, 2.45) is 0 Å². The van der Waals surface area contributed by atoms with E-state index in [0.29, 0.717) is 5.75 Å². The molecule has 1 heterocycles. The summed E-state index contributed by atoms with van der Waals surface area (Å²) in [5.41, 5.74) is 3.75. The van der Waals surface area contributed by atoms with E-state index in [1.54, 1.807) is 7.11 Å². The molecule has 0 aromatic heterocycles. The molecule has 0 saturated carbocycles. The lowest BCUT2D eigenvalue weighted by molar-refractivity contribution is 0.00578. The topological polar surface area (TPSA) is 36.9 Å². The van der Waals surface area contributed by atoms with Crippen molar-refractivity contribution in [3.63, 3.8) is 0 Å². The summed E-state index contributed by atoms with van der Waals surface area (Å²) in [4.78, 5) is 0. The highest BCUT2D eigenvalue weighted by molar-refractivity contribution is 6.65. The third-order valence-corrected chi connectivity index (χ3v) is 5.15. The zero-order valence-corrected chi connectivity index (χ0v) is 16.8. The first-order valence-corrected chi connectivity index (χ1v) is 9.01. The lowest BCUT2D eigenvalue weighted by Gasteiger charge is -2.32. The van der Waals surface area contributed by atoms with Gasteiger partial charge in [0, 0.05) is 12.7 Å². The summed E-state index contributed by atoms with van der Waals surface area (Å²) >= 11 is 0.